The third-order valence-electron chi connectivity index (χ3n) is 2.85. The maximum absolute atomic E-state index is 12.8. The van der Waals surface area contributed by atoms with Gasteiger partial charge < -0.3 is 9.64 Å². The Balaban J connectivity index is 1.98. The lowest BCUT2D eigenvalue weighted by Crippen LogP contribution is -2.35. The normalized spacial score (nSPS) is 18.7. The molecular weight excluding hydrogens is 229 g/mol. The van der Waals surface area contributed by atoms with Crippen molar-refractivity contribution in [2.45, 2.75) is 18.9 Å². The van der Waals surface area contributed by atoms with E-state index in [2.05, 4.69) is 11.9 Å². The number of halogens is 2. The van der Waals surface area contributed by atoms with E-state index in [0.717, 1.165) is 25.9 Å². The van der Waals surface area contributed by atoms with E-state index < -0.39 is 0 Å². The Bertz CT molecular complexity index is 364. The SMILES string of the molecule is CN1CCC(Oc2ccc(F)cc2Cl)CC1. The molecule has 0 radical (unpaired) electrons. The van der Waals surface area contributed by atoms with E-state index in [1.165, 1.54) is 12.1 Å². The second-order valence-electron chi connectivity index (χ2n) is 4.20. The van der Waals surface area contributed by atoms with Gasteiger partial charge >= 0.3 is 0 Å². The van der Waals surface area contributed by atoms with Crippen molar-refractivity contribution in [2.24, 2.45) is 0 Å². The summed E-state index contributed by atoms with van der Waals surface area (Å²) in [6.45, 7) is 2.06. The van der Waals surface area contributed by atoms with Gasteiger partial charge in [-0.15, -0.1) is 0 Å². The van der Waals surface area contributed by atoms with Crippen LogP contribution in [-0.4, -0.2) is 31.1 Å². The zero-order valence-corrected chi connectivity index (χ0v) is 10.0. The number of piperidine rings is 1. The number of benzene rings is 1. The second kappa shape index (κ2) is 5.02. The first-order chi connectivity index (χ1) is 7.65. The highest BCUT2D eigenvalue weighted by Gasteiger charge is 2.18. The zero-order chi connectivity index (χ0) is 11.5. The average molecular weight is 244 g/mol. The van der Waals surface area contributed by atoms with Gasteiger partial charge in [-0.3, -0.25) is 0 Å². The molecule has 0 saturated carbocycles. The van der Waals surface area contributed by atoms with Crippen LogP contribution in [0.4, 0.5) is 4.39 Å². The molecular formula is C12H15ClFNO. The Morgan fingerprint density at radius 3 is 2.69 bits per heavy atom. The molecule has 2 rings (SSSR count). The summed E-state index contributed by atoms with van der Waals surface area (Å²) in [7, 11) is 2.10. The lowest BCUT2D eigenvalue weighted by molar-refractivity contribution is 0.114. The molecule has 2 nitrogen and oxygen atoms in total. The maximum atomic E-state index is 12.8. The van der Waals surface area contributed by atoms with Gasteiger partial charge in [-0.25, -0.2) is 4.39 Å². The van der Waals surface area contributed by atoms with E-state index in [-0.39, 0.29) is 11.9 Å². The molecule has 16 heavy (non-hydrogen) atoms. The van der Waals surface area contributed by atoms with Gasteiger partial charge in [-0.05, 0) is 38.1 Å². The number of ether oxygens (including phenoxy) is 1. The van der Waals surface area contributed by atoms with Gasteiger partial charge in [-0.2, -0.15) is 0 Å². The van der Waals surface area contributed by atoms with E-state index in [1.54, 1.807) is 6.07 Å². The fraction of sp³-hybridized carbons (Fsp3) is 0.500. The van der Waals surface area contributed by atoms with E-state index in [1.807, 2.05) is 0 Å². The van der Waals surface area contributed by atoms with Gasteiger partial charge in [-0.1, -0.05) is 11.6 Å². The molecule has 0 amide bonds. The van der Waals surface area contributed by atoms with E-state index >= 15 is 0 Å². The summed E-state index contributed by atoms with van der Waals surface area (Å²) in [5, 5.41) is 0.346. The molecule has 1 saturated heterocycles. The molecule has 0 N–H and O–H groups in total. The van der Waals surface area contributed by atoms with Crippen LogP contribution in [0.2, 0.25) is 5.02 Å². The lowest BCUT2D eigenvalue weighted by atomic mass is 10.1. The third-order valence-corrected chi connectivity index (χ3v) is 3.15. The van der Waals surface area contributed by atoms with Crippen LogP contribution >= 0.6 is 11.6 Å². The molecule has 0 aliphatic carbocycles. The average Bonchev–Trinajstić information content (AvgIpc) is 2.25. The zero-order valence-electron chi connectivity index (χ0n) is 9.25. The van der Waals surface area contributed by atoms with Crippen molar-refractivity contribution in [1.82, 2.24) is 4.90 Å². The fourth-order valence-electron chi connectivity index (χ4n) is 1.85. The monoisotopic (exact) mass is 243 g/mol. The van der Waals surface area contributed by atoms with Crippen molar-refractivity contribution >= 4 is 11.6 Å². The van der Waals surface area contributed by atoms with Crippen molar-refractivity contribution in [3.8, 4) is 5.75 Å². The Morgan fingerprint density at radius 2 is 2.06 bits per heavy atom. The van der Waals surface area contributed by atoms with Gasteiger partial charge in [0.05, 0.1) is 5.02 Å². The quantitative estimate of drug-likeness (QED) is 0.792. The van der Waals surface area contributed by atoms with Gasteiger partial charge in [0.15, 0.2) is 0 Å². The Kier molecular flexibility index (Phi) is 3.66. The summed E-state index contributed by atoms with van der Waals surface area (Å²) >= 11 is 5.90. The Labute approximate surface area is 100.0 Å². The topological polar surface area (TPSA) is 12.5 Å². The van der Waals surface area contributed by atoms with E-state index in [4.69, 9.17) is 16.3 Å². The first kappa shape index (κ1) is 11.7. The molecule has 88 valence electrons. The van der Waals surface area contributed by atoms with Crippen LogP contribution in [0.15, 0.2) is 18.2 Å². The molecule has 1 aromatic rings. The van der Waals surface area contributed by atoms with Crippen molar-refractivity contribution < 1.29 is 9.13 Å². The predicted molar refractivity (Wildman–Crippen MR) is 62.6 cm³/mol. The predicted octanol–water partition coefficient (Wildman–Crippen LogP) is 2.95. The maximum Gasteiger partial charge on any atom is 0.138 e. The number of rotatable bonds is 2. The molecule has 0 atom stereocenters. The van der Waals surface area contributed by atoms with Crippen molar-refractivity contribution in [3.05, 3.63) is 29.0 Å². The van der Waals surface area contributed by atoms with Crippen molar-refractivity contribution in [1.29, 1.82) is 0 Å². The van der Waals surface area contributed by atoms with Crippen LogP contribution in [0.3, 0.4) is 0 Å². The van der Waals surface area contributed by atoms with Gasteiger partial charge in [0.25, 0.3) is 0 Å². The standard InChI is InChI=1S/C12H15ClFNO/c1-15-6-4-10(5-7-15)16-12-3-2-9(14)8-11(12)13/h2-3,8,10H,4-7H2,1H3. The van der Waals surface area contributed by atoms with Crippen molar-refractivity contribution in [2.75, 3.05) is 20.1 Å². The first-order valence-corrected chi connectivity index (χ1v) is 5.83. The minimum Gasteiger partial charge on any atom is -0.489 e. The highest BCUT2D eigenvalue weighted by Crippen LogP contribution is 2.27. The summed E-state index contributed by atoms with van der Waals surface area (Å²) < 4.78 is 18.6. The molecule has 1 aliphatic heterocycles. The van der Waals surface area contributed by atoms with Crippen LogP contribution in [-0.2, 0) is 0 Å². The lowest BCUT2D eigenvalue weighted by Gasteiger charge is -2.29. The summed E-state index contributed by atoms with van der Waals surface area (Å²) in [5.41, 5.74) is 0. The van der Waals surface area contributed by atoms with Crippen LogP contribution in [0.25, 0.3) is 0 Å². The summed E-state index contributed by atoms with van der Waals surface area (Å²) in [6, 6.07) is 4.25. The minimum atomic E-state index is -0.333. The minimum absolute atomic E-state index is 0.194. The van der Waals surface area contributed by atoms with E-state index in [0.29, 0.717) is 10.8 Å². The highest BCUT2D eigenvalue weighted by atomic mass is 35.5. The Morgan fingerprint density at radius 1 is 1.38 bits per heavy atom. The van der Waals surface area contributed by atoms with Crippen LogP contribution in [0.1, 0.15) is 12.8 Å². The molecule has 1 fully saturated rings. The van der Waals surface area contributed by atoms with Crippen molar-refractivity contribution in [3.63, 3.8) is 0 Å². The second-order valence-corrected chi connectivity index (χ2v) is 4.60. The first-order valence-electron chi connectivity index (χ1n) is 5.45. The molecule has 0 bridgehead atoms. The molecule has 0 unspecified atom stereocenters. The van der Waals surface area contributed by atoms with Gasteiger partial charge in [0.2, 0.25) is 0 Å². The molecule has 1 aromatic carbocycles. The number of likely N-dealkylation sites (tertiary alicyclic amines) is 1. The molecule has 0 spiro atoms. The van der Waals surface area contributed by atoms with Gasteiger partial charge in [0.1, 0.15) is 17.7 Å². The van der Waals surface area contributed by atoms with Crippen LogP contribution in [0.5, 0.6) is 5.75 Å². The molecule has 4 heteroatoms. The molecule has 0 aromatic heterocycles. The number of nitrogens with zero attached hydrogens (tertiary/aromatic N) is 1. The van der Waals surface area contributed by atoms with Crippen LogP contribution in [0, 0.1) is 5.82 Å². The summed E-state index contributed by atoms with van der Waals surface area (Å²) in [4.78, 5) is 2.27. The fourth-order valence-corrected chi connectivity index (χ4v) is 2.06. The Hall–Kier alpha value is -0.800. The molecule has 1 aliphatic rings. The number of hydrogen-bond acceptors (Lipinski definition) is 2. The van der Waals surface area contributed by atoms with Gasteiger partial charge in [0, 0.05) is 13.1 Å². The summed E-state index contributed by atoms with van der Waals surface area (Å²) in [5.74, 6) is 0.248. The third kappa shape index (κ3) is 2.86. The van der Waals surface area contributed by atoms with Crippen LogP contribution < -0.4 is 4.74 Å². The summed E-state index contributed by atoms with van der Waals surface area (Å²) in [6.07, 6.45) is 2.17. The highest BCUT2D eigenvalue weighted by molar-refractivity contribution is 6.32. The largest absolute Gasteiger partial charge is 0.489 e. The smallest absolute Gasteiger partial charge is 0.138 e. The van der Waals surface area contributed by atoms with E-state index in [9.17, 15) is 4.39 Å². The molecule has 1 heterocycles. The number of hydrogen-bond donors (Lipinski definition) is 0.